The number of H-pyrrole nitrogens is 1. The first-order valence-corrected chi connectivity index (χ1v) is 10.4. The number of anilines is 1. The summed E-state index contributed by atoms with van der Waals surface area (Å²) < 4.78 is 0. The van der Waals surface area contributed by atoms with Gasteiger partial charge in [0, 0.05) is 48.8 Å². The van der Waals surface area contributed by atoms with Crippen LogP contribution in [0.25, 0.3) is 6.08 Å². The van der Waals surface area contributed by atoms with E-state index in [2.05, 4.69) is 101 Å². The van der Waals surface area contributed by atoms with Gasteiger partial charge in [-0.2, -0.15) is 5.10 Å². The number of allylic oxidation sites excluding steroid dienone is 1. The van der Waals surface area contributed by atoms with Crippen LogP contribution in [-0.4, -0.2) is 35.2 Å². The minimum Gasteiger partial charge on any atom is -0.411 e. The van der Waals surface area contributed by atoms with Gasteiger partial charge in [-0.15, -0.1) is 0 Å². The number of aromatic amines is 1. The lowest BCUT2D eigenvalue weighted by Gasteiger charge is -2.35. The molecule has 5 nitrogen and oxygen atoms in total. The quantitative estimate of drug-likeness (QED) is 0.374. The van der Waals surface area contributed by atoms with Gasteiger partial charge < -0.3 is 10.1 Å². The Morgan fingerprint density at radius 3 is 2.57 bits per heavy atom. The Kier molecular flexibility index (Phi) is 4.46. The second kappa shape index (κ2) is 7.17. The molecule has 0 spiro atoms. The summed E-state index contributed by atoms with van der Waals surface area (Å²) in [4.78, 5) is 2.13. The summed E-state index contributed by atoms with van der Waals surface area (Å²) in [5.41, 5.74) is 7.00. The van der Waals surface area contributed by atoms with Crippen LogP contribution >= 0.6 is 0 Å². The van der Waals surface area contributed by atoms with Gasteiger partial charge in [0.2, 0.25) is 0 Å². The van der Waals surface area contributed by atoms with Crippen molar-refractivity contribution in [2.45, 2.75) is 24.7 Å². The molecule has 2 N–H and O–H groups in total. The van der Waals surface area contributed by atoms with Crippen molar-refractivity contribution in [1.82, 2.24) is 10.2 Å². The molecular weight excluding hydrogens is 372 g/mol. The maximum atomic E-state index is 9.56. The highest BCUT2D eigenvalue weighted by atomic mass is 16.4. The maximum absolute atomic E-state index is 9.56. The van der Waals surface area contributed by atoms with Gasteiger partial charge in [-0.1, -0.05) is 59.8 Å². The molecule has 1 atom stereocenters. The average molecular weight is 399 g/mol. The van der Waals surface area contributed by atoms with Gasteiger partial charge in [0.1, 0.15) is 11.4 Å². The van der Waals surface area contributed by atoms with E-state index in [0.29, 0.717) is 11.6 Å². The van der Waals surface area contributed by atoms with Crippen LogP contribution in [0.4, 0.5) is 5.69 Å². The fraction of sp³-hybridized carbons (Fsp3) is 0.280. The van der Waals surface area contributed by atoms with Crippen molar-refractivity contribution in [3.63, 3.8) is 0 Å². The van der Waals surface area contributed by atoms with Crippen LogP contribution in [0.15, 0.2) is 65.8 Å². The zero-order chi connectivity index (χ0) is 20.7. The standard InChI is InChI=1S/C25H26N4O/c1-29(2)20-10-6-9-19(15-20)25(18-7-4-3-5-8-18)14-13-21-22(16-25)26-27-24(21)23(28-30)17-11-12-17/h3-10,13-15,17,30H,11-12,16H2,1-2H3,(H,26,27). The van der Waals surface area contributed by atoms with E-state index in [0.717, 1.165) is 36.2 Å². The van der Waals surface area contributed by atoms with Crippen molar-refractivity contribution in [2.24, 2.45) is 11.1 Å². The first-order valence-electron chi connectivity index (χ1n) is 10.4. The Hall–Kier alpha value is -3.34. The van der Waals surface area contributed by atoms with E-state index < -0.39 is 0 Å². The van der Waals surface area contributed by atoms with Crippen LogP contribution in [0.2, 0.25) is 0 Å². The van der Waals surface area contributed by atoms with Gasteiger partial charge in [0.05, 0.1) is 0 Å². The van der Waals surface area contributed by atoms with Gasteiger partial charge in [0.15, 0.2) is 0 Å². The number of hydrogen-bond donors (Lipinski definition) is 2. The number of hydrogen-bond acceptors (Lipinski definition) is 4. The van der Waals surface area contributed by atoms with Crippen molar-refractivity contribution < 1.29 is 5.21 Å². The molecule has 0 radical (unpaired) electrons. The van der Waals surface area contributed by atoms with Gasteiger partial charge in [0.25, 0.3) is 0 Å². The first-order chi connectivity index (χ1) is 14.6. The van der Waals surface area contributed by atoms with Crippen molar-refractivity contribution in [2.75, 3.05) is 19.0 Å². The Balaban J connectivity index is 1.64. The second-order valence-corrected chi connectivity index (χ2v) is 8.52. The summed E-state index contributed by atoms with van der Waals surface area (Å²) in [5.74, 6) is 0.327. The number of nitrogens with one attached hydrogen (secondary N) is 1. The Bertz CT molecular complexity index is 1130. The number of nitrogens with zero attached hydrogens (tertiary/aromatic N) is 3. The van der Waals surface area contributed by atoms with Crippen molar-refractivity contribution in [1.29, 1.82) is 0 Å². The van der Waals surface area contributed by atoms with E-state index in [-0.39, 0.29) is 5.41 Å². The Labute approximate surface area is 176 Å². The van der Waals surface area contributed by atoms with Crippen LogP contribution in [0.1, 0.15) is 40.9 Å². The molecule has 0 aliphatic heterocycles. The lowest BCUT2D eigenvalue weighted by molar-refractivity contribution is 0.317. The summed E-state index contributed by atoms with van der Waals surface area (Å²) in [5, 5.41) is 20.9. The van der Waals surface area contributed by atoms with E-state index in [9.17, 15) is 5.21 Å². The Morgan fingerprint density at radius 1 is 1.10 bits per heavy atom. The molecule has 5 heteroatoms. The molecule has 1 fully saturated rings. The summed E-state index contributed by atoms with van der Waals surface area (Å²) >= 11 is 0. The molecule has 30 heavy (non-hydrogen) atoms. The molecule has 5 rings (SSSR count). The molecule has 0 bridgehead atoms. The minimum absolute atomic E-state index is 0.291. The molecule has 2 aromatic carbocycles. The normalized spacial score (nSPS) is 20.8. The second-order valence-electron chi connectivity index (χ2n) is 8.52. The van der Waals surface area contributed by atoms with E-state index >= 15 is 0 Å². The zero-order valence-corrected chi connectivity index (χ0v) is 17.3. The predicted octanol–water partition coefficient (Wildman–Crippen LogP) is 4.62. The van der Waals surface area contributed by atoms with Crippen LogP contribution in [0, 0.1) is 5.92 Å². The predicted molar refractivity (Wildman–Crippen MR) is 120 cm³/mol. The molecule has 1 heterocycles. The summed E-state index contributed by atoms with van der Waals surface area (Å²) in [6, 6.07) is 19.4. The third-order valence-corrected chi connectivity index (χ3v) is 6.35. The van der Waals surface area contributed by atoms with E-state index in [1.807, 2.05) is 0 Å². The molecule has 1 unspecified atom stereocenters. The summed E-state index contributed by atoms with van der Waals surface area (Å²) in [6.07, 6.45) is 7.35. The van der Waals surface area contributed by atoms with Gasteiger partial charge in [-0.25, -0.2) is 0 Å². The first kappa shape index (κ1) is 18.7. The number of aromatic nitrogens is 2. The van der Waals surface area contributed by atoms with E-state index in [4.69, 9.17) is 0 Å². The minimum atomic E-state index is -0.291. The molecule has 0 amide bonds. The topological polar surface area (TPSA) is 64.5 Å². The fourth-order valence-electron chi connectivity index (χ4n) is 4.50. The third-order valence-electron chi connectivity index (χ3n) is 6.35. The lowest BCUT2D eigenvalue weighted by atomic mass is 9.68. The number of fused-ring (bicyclic) bond motifs is 1. The third kappa shape index (κ3) is 3.02. The summed E-state index contributed by atoms with van der Waals surface area (Å²) in [6.45, 7) is 0. The number of oxime groups is 1. The number of rotatable bonds is 5. The van der Waals surface area contributed by atoms with Crippen LogP contribution in [0.3, 0.4) is 0 Å². The molecule has 2 aliphatic rings. The van der Waals surface area contributed by atoms with Gasteiger partial charge in [-0.05, 0) is 36.1 Å². The van der Waals surface area contributed by atoms with E-state index in [1.54, 1.807) is 0 Å². The summed E-state index contributed by atoms with van der Waals surface area (Å²) in [7, 11) is 4.13. The SMILES string of the molecule is CN(C)c1cccc(C2(c3ccccc3)C=Cc3c(C(=NO)C4CC4)n[nH]c3C2)c1. The van der Waals surface area contributed by atoms with Crippen LogP contribution in [0.5, 0.6) is 0 Å². The highest BCUT2D eigenvalue weighted by Crippen LogP contribution is 2.43. The highest BCUT2D eigenvalue weighted by Gasteiger charge is 2.39. The van der Waals surface area contributed by atoms with Gasteiger partial charge >= 0.3 is 0 Å². The monoisotopic (exact) mass is 398 g/mol. The highest BCUT2D eigenvalue weighted by molar-refractivity contribution is 6.04. The largest absolute Gasteiger partial charge is 0.411 e. The zero-order valence-electron chi connectivity index (χ0n) is 17.3. The average Bonchev–Trinajstić information content (AvgIpc) is 3.54. The van der Waals surface area contributed by atoms with Crippen molar-refractivity contribution in [3.05, 3.63) is 88.8 Å². The Morgan fingerprint density at radius 2 is 1.87 bits per heavy atom. The molecule has 1 aromatic heterocycles. The van der Waals surface area contributed by atoms with Crippen LogP contribution < -0.4 is 4.90 Å². The van der Waals surface area contributed by atoms with Crippen molar-refractivity contribution >= 4 is 17.5 Å². The molecule has 1 saturated carbocycles. The van der Waals surface area contributed by atoms with Crippen molar-refractivity contribution in [3.8, 4) is 0 Å². The lowest BCUT2D eigenvalue weighted by Crippen LogP contribution is -2.31. The van der Waals surface area contributed by atoms with E-state index in [1.165, 1.54) is 16.8 Å². The van der Waals surface area contributed by atoms with Crippen LogP contribution in [-0.2, 0) is 11.8 Å². The molecule has 2 aliphatic carbocycles. The molecule has 152 valence electrons. The fourth-order valence-corrected chi connectivity index (χ4v) is 4.50. The number of benzene rings is 2. The smallest absolute Gasteiger partial charge is 0.117 e. The maximum Gasteiger partial charge on any atom is 0.117 e. The molecule has 0 saturated heterocycles. The molecule has 3 aromatic rings. The van der Waals surface area contributed by atoms with Gasteiger partial charge in [-0.3, -0.25) is 5.10 Å². The molecular formula is C25H26N4O.